The summed E-state index contributed by atoms with van der Waals surface area (Å²) in [6, 6.07) is 7.31. The van der Waals surface area contributed by atoms with Crippen molar-refractivity contribution in [3.8, 4) is 0 Å². The first-order chi connectivity index (χ1) is 8.08. The van der Waals surface area contributed by atoms with E-state index in [-0.39, 0.29) is 10.6 Å². The Balaban J connectivity index is 2.70. The number of nitrogens with one attached hydrogen (secondary N) is 1. The molecule has 0 bridgehead atoms. The molecule has 94 valence electrons. The molecule has 0 aliphatic rings. The van der Waals surface area contributed by atoms with E-state index in [4.69, 9.17) is 0 Å². The Bertz CT molecular complexity index is 362. The monoisotopic (exact) mass is 236 g/mol. The lowest BCUT2D eigenvalue weighted by molar-refractivity contribution is -0.384. The van der Waals surface area contributed by atoms with Crippen molar-refractivity contribution < 1.29 is 4.92 Å². The van der Waals surface area contributed by atoms with Gasteiger partial charge in [0.2, 0.25) is 0 Å². The summed E-state index contributed by atoms with van der Waals surface area (Å²) >= 11 is 0. The predicted octanol–water partition coefficient (Wildman–Crippen LogP) is 2.77. The molecule has 0 aromatic heterocycles. The highest BCUT2D eigenvalue weighted by atomic mass is 16.6. The summed E-state index contributed by atoms with van der Waals surface area (Å²) in [6.07, 6.45) is 2.05. The summed E-state index contributed by atoms with van der Waals surface area (Å²) in [5.41, 5.74) is 1.31. The first kappa shape index (κ1) is 13.6. The van der Waals surface area contributed by atoms with Gasteiger partial charge in [0, 0.05) is 18.2 Å². The van der Waals surface area contributed by atoms with Crippen molar-refractivity contribution in [3.63, 3.8) is 0 Å². The van der Waals surface area contributed by atoms with Gasteiger partial charge in [0.1, 0.15) is 0 Å². The number of hydrogen-bond acceptors (Lipinski definition) is 3. The van der Waals surface area contributed by atoms with Crippen LogP contribution in [0.3, 0.4) is 0 Å². The van der Waals surface area contributed by atoms with Gasteiger partial charge >= 0.3 is 0 Å². The second kappa shape index (κ2) is 6.35. The molecule has 0 aliphatic heterocycles. The molecule has 1 N–H and O–H groups in total. The summed E-state index contributed by atoms with van der Waals surface area (Å²) in [7, 11) is 1.96. The number of nitro benzene ring substituents is 1. The lowest BCUT2D eigenvalue weighted by atomic mass is 9.91. The lowest BCUT2D eigenvalue weighted by Gasteiger charge is -2.22. The number of nitrogens with zero attached hydrogens (tertiary/aromatic N) is 1. The Labute approximate surface area is 102 Å². The summed E-state index contributed by atoms with van der Waals surface area (Å²) < 4.78 is 0. The van der Waals surface area contributed by atoms with Gasteiger partial charge in [0.15, 0.2) is 0 Å². The molecular formula is C13H20N2O2. The maximum Gasteiger partial charge on any atom is 0.269 e. The molecular weight excluding hydrogens is 216 g/mol. The van der Waals surface area contributed by atoms with Crippen LogP contribution in [0.5, 0.6) is 0 Å². The zero-order valence-electron chi connectivity index (χ0n) is 10.6. The van der Waals surface area contributed by atoms with Crippen molar-refractivity contribution in [2.24, 2.45) is 5.92 Å². The van der Waals surface area contributed by atoms with E-state index in [9.17, 15) is 10.1 Å². The van der Waals surface area contributed by atoms with Crippen molar-refractivity contribution in [2.45, 2.75) is 32.7 Å². The molecule has 0 saturated heterocycles. The maximum absolute atomic E-state index is 10.5. The van der Waals surface area contributed by atoms with Gasteiger partial charge in [-0.05, 0) is 31.9 Å². The number of benzene rings is 1. The van der Waals surface area contributed by atoms with E-state index < -0.39 is 0 Å². The normalized spacial score (nSPS) is 14.3. The van der Waals surface area contributed by atoms with Crippen LogP contribution < -0.4 is 5.32 Å². The minimum absolute atomic E-state index is 0.156. The second-order valence-corrected chi connectivity index (χ2v) is 4.37. The second-order valence-electron chi connectivity index (χ2n) is 4.37. The Hall–Kier alpha value is -1.42. The van der Waals surface area contributed by atoms with Gasteiger partial charge in [0.25, 0.3) is 5.69 Å². The van der Waals surface area contributed by atoms with Gasteiger partial charge in [0.05, 0.1) is 4.92 Å². The Kier molecular flexibility index (Phi) is 5.10. The molecule has 0 fully saturated rings. The van der Waals surface area contributed by atoms with Crippen LogP contribution in [-0.4, -0.2) is 18.0 Å². The molecule has 4 heteroatoms. The Morgan fingerprint density at radius 3 is 2.35 bits per heavy atom. The molecule has 0 radical (unpaired) electrons. The highest BCUT2D eigenvalue weighted by molar-refractivity contribution is 5.33. The fourth-order valence-electron chi connectivity index (χ4n) is 1.97. The van der Waals surface area contributed by atoms with Crippen LogP contribution in [0.25, 0.3) is 0 Å². The molecule has 0 spiro atoms. The van der Waals surface area contributed by atoms with Crippen molar-refractivity contribution in [1.82, 2.24) is 5.32 Å². The van der Waals surface area contributed by atoms with Crippen LogP contribution in [-0.2, 0) is 6.42 Å². The van der Waals surface area contributed by atoms with Crippen LogP contribution in [0.4, 0.5) is 5.69 Å². The third-order valence-corrected chi connectivity index (χ3v) is 3.33. The standard InChI is InChI=1S/C13H20N2O2/c1-4-12(10(2)14-3)9-11-5-7-13(8-6-11)15(16)17/h5-8,10,12,14H,4,9H2,1-3H3. The minimum Gasteiger partial charge on any atom is -0.317 e. The molecule has 1 aromatic rings. The fourth-order valence-corrected chi connectivity index (χ4v) is 1.97. The molecule has 2 atom stereocenters. The van der Waals surface area contributed by atoms with E-state index in [1.165, 1.54) is 0 Å². The van der Waals surface area contributed by atoms with E-state index in [0.717, 1.165) is 18.4 Å². The van der Waals surface area contributed by atoms with Crippen molar-refractivity contribution in [2.75, 3.05) is 7.05 Å². The van der Waals surface area contributed by atoms with Gasteiger partial charge < -0.3 is 5.32 Å². The number of nitro groups is 1. The Morgan fingerprint density at radius 2 is 1.94 bits per heavy atom. The Morgan fingerprint density at radius 1 is 1.35 bits per heavy atom. The topological polar surface area (TPSA) is 55.2 Å². The summed E-state index contributed by atoms with van der Waals surface area (Å²) in [6.45, 7) is 4.34. The summed E-state index contributed by atoms with van der Waals surface area (Å²) in [5.74, 6) is 0.557. The van der Waals surface area contributed by atoms with Crippen LogP contribution in [0, 0.1) is 16.0 Å². The first-order valence-electron chi connectivity index (χ1n) is 5.99. The van der Waals surface area contributed by atoms with Gasteiger partial charge in [-0.15, -0.1) is 0 Å². The van der Waals surface area contributed by atoms with E-state index in [1.807, 2.05) is 19.2 Å². The molecule has 0 heterocycles. The molecule has 1 aromatic carbocycles. The molecule has 1 rings (SSSR count). The number of non-ortho nitro benzene ring substituents is 1. The van der Waals surface area contributed by atoms with E-state index in [1.54, 1.807) is 12.1 Å². The maximum atomic E-state index is 10.5. The smallest absolute Gasteiger partial charge is 0.269 e. The minimum atomic E-state index is -0.364. The number of hydrogen-bond donors (Lipinski definition) is 1. The zero-order chi connectivity index (χ0) is 12.8. The zero-order valence-corrected chi connectivity index (χ0v) is 10.6. The molecule has 4 nitrogen and oxygen atoms in total. The molecule has 0 aliphatic carbocycles. The van der Waals surface area contributed by atoms with Crippen LogP contribution in [0.1, 0.15) is 25.8 Å². The third kappa shape index (κ3) is 3.82. The van der Waals surface area contributed by atoms with Crippen LogP contribution >= 0.6 is 0 Å². The lowest BCUT2D eigenvalue weighted by Crippen LogP contribution is -2.31. The quantitative estimate of drug-likeness (QED) is 0.610. The average molecular weight is 236 g/mol. The molecule has 0 saturated carbocycles. The highest BCUT2D eigenvalue weighted by Crippen LogP contribution is 2.18. The predicted molar refractivity (Wildman–Crippen MR) is 69.1 cm³/mol. The molecule has 0 amide bonds. The third-order valence-electron chi connectivity index (χ3n) is 3.33. The van der Waals surface area contributed by atoms with Gasteiger partial charge in [-0.1, -0.05) is 25.5 Å². The average Bonchev–Trinajstić information content (AvgIpc) is 2.35. The molecule has 2 unspecified atom stereocenters. The van der Waals surface area contributed by atoms with Crippen molar-refractivity contribution >= 4 is 5.69 Å². The van der Waals surface area contributed by atoms with Gasteiger partial charge in [-0.3, -0.25) is 10.1 Å². The van der Waals surface area contributed by atoms with Gasteiger partial charge in [-0.2, -0.15) is 0 Å². The fraction of sp³-hybridized carbons (Fsp3) is 0.538. The van der Waals surface area contributed by atoms with Crippen LogP contribution in [0.15, 0.2) is 24.3 Å². The van der Waals surface area contributed by atoms with Gasteiger partial charge in [-0.25, -0.2) is 0 Å². The first-order valence-corrected chi connectivity index (χ1v) is 5.99. The molecule has 17 heavy (non-hydrogen) atoms. The van der Waals surface area contributed by atoms with E-state index in [2.05, 4.69) is 19.2 Å². The SMILES string of the molecule is CCC(Cc1ccc([N+](=O)[O-])cc1)C(C)NC. The van der Waals surface area contributed by atoms with Crippen LogP contribution in [0.2, 0.25) is 0 Å². The summed E-state index contributed by atoms with van der Waals surface area (Å²) in [4.78, 5) is 10.2. The van der Waals surface area contributed by atoms with Crippen molar-refractivity contribution in [3.05, 3.63) is 39.9 Å². The van der Waals surface area contributed by atoms with E-state index in [0.29, 0.717) is 12.0 Å². The largest absolute Gasteiger partial charge is 0.317 e. The highest BCUT2D eigenvalue weighted by Gasteiger charge is 2.14. The number of rotatable bonds is 6. The van der Waals surface area contributed by atoms with E-state index >= 15 is 0 Å². The van der Waals surface area contributed by atoms with Crippen molar-refractivity contribution in [1.29, 1.82) is 0 Å². The summed E-state index contributed by atoms with van der Waals surface area (Å²) in [5, 5.41) is 13.8.